The second-order valence-electron chi connectivity index (χ2n) is 3.47. The molecular weight excluding hydrogens is 222 g/mol. The third-order valence-electron chi connectivity index (χ3n) is 2.23. The molecule has 2 rings (SSSR count). The molecule has 1 amide bonds. The zero-order valence-electron chi connectivity index (χ0n) is 8.86. The van der Waals surface area contributed by atoms with Crippen molar-refractivity contribution in [1.29, 1.82) is 0 Å². The minimum atomic E-state index is -0.425. The van der Waals surface area contributed by atoms with E-state index in [4.69, 9.17) is 5.11 Å². The topological polar surface area (TPSA) is 98.0 Å². The van der Waals surface area contributed by atoms with Crippen LogP contribution in [0.4, 0.5) is 5.69 Å². The van der Waals surface area contributed by atoms with Gasteiger partial charge in [0.15, 0.2) is 0 Å². The average molecular weight is 233 g/mol. The van der Waals surface area contributed by atoms with Gasteiger partial charge in [0, 0.05) is 11.9 Å². The summed E-state index contributed by atoms with van der Waals surface area (Å²) in [6, 6.07) is 6.76. The summed E-state index contributed by atoms with van der Waals surface area (Å²) in [4.78, 5) is 27.1. The Kier molecular flexibility index (Phi) is 3.06. The summed E-state index contributed by atoms with van der Waals surface area (Å²) in [5.41, 5.74) is 1.10. The summed E-state index contributed by atoms with van der Waals surface area (Å²) >= 11 is 0. The zero-order valence-corrected chi connectivity index (χ0v) is 8.86. The molecule has 88 valence electrons. The van der Waals surface area contributed by atoms with Gasteiger partial charge in [0.2, 0.25) is 0 Å². The first-order chi connectivity index (χ1) is 8.19. The Morgan fingerprint density at radius 2 is 2.00 bits per heavy atom. The van der Waals surface area contributed by atoms with Crippen LogP contribution in [0.15, 0.2) is 35.3 Å². The Labute approximate surface area is 96.3 Å². The van der Waals surface area contributed by atoms with E-state index in [1.54, 1.807) is 24.3 Å². The molecular formula is C11H11N3O3. The van der Waals surface area contributed by atoms with E-state index in [-0.39, 0.29) is 12.3 Å². The number of carbonyl (C=O) groups is 1. The third-order valence-corrected chi connectivity index (χ3v) is 2.23. The van der Waals surface area contributed by atoms with Gasteiger partial charge in [-0.05, 0) is 17.7 Å². The van der Waals surface area contributed by atoms with Gasteiger partial charge in [-0.15, -0.1) is 0 Å². The van der Waals surface area contributed by atoms with Crippen molar-refractivity contribution < 1.29 is 9.90 Å². The molecule has 0 fully saturated rings. The van der Waals surface area contributed by atoms with Gasteiger partial charge >= 0.3 is 5.69 Å². The Morgan fingerprint density at radius 3 is 2.53 bits per heavy atom. The number of nitrogens with one attached hydrogen (secondary N) is 3. The Bertz CT molecular complexity index is 568. The lowest BCUT2D eigenvalue weighted by atomic mass is 10.2. The van der Waals surface area contributed by atoms with E-state index < -0.39 is 11.6 Å². The van der Waals surface area contributed by atoms with Crippen LogP contribution in [0.2, 0.25) is 0 Å². The number of benzene rings is 1. The minimum absolute atomic E-state index is 0.0423. The molecule has 0 aliphatic heterocycles. The normalized spacial score (nSPS) is 10.2. The van der Waals surface area contributed by atoms with Gasteiger partial charge in [0.1, 0.15) is 5.69 Å². The van der Waals surface area contributed by atoms with Gasteiger partial charge in [0.05, 0.1) is 6.61 Å². The van der Waals surface area contributed by atoms with Crippen molar-refractivity contribution in [1.82, 2.24) is 9.97 Å². The predicted molar refractivity (Wildman–Crippen MR) is 61.7 cm³/mol. The van der Waals surface area contributed by atoms with Crippen LogP contribution in [0.1, 0.15) is 16.1 Å². The molecule has 0 spiro atoms. The molecule has 1 heterocycles. The molecule has 6 heteroatoms. The zero-order chi connectivity index (χ0) is 12.3. The molecule has 0 bridgehead atoms. The molecule has 0 radical (unpaired) electrons. The first-order valence-electron chi connectivity index (χ1n) is 4.98. The van der Waals surface area contributed by atoms with E-state index in [0.29, 0.717) is 5.69 Å². The van der Waals surface area contributed by atoms with Crippen LogP contribution in [0, 0.1) is 0 Å². The summed E-state index contributed by atoms with van der Waals surface area (Å²) in [5, 5.41) is 11.5. The Balaban J connectivity index is 2.10. The molecule has 0 atom stereocenters. The Morgan fingerprint density at radius 1 is 1.29 bits per heavy atom. The molecule has 0 saturated carbocycles. The number of hydrogen-bond acceptors (Lipinski definition) is 3. The fraction of sp³-hybridized carbons (Fsp3) is 0.0909. The molecule has 2 aromatic rings. The molecule has 6 nitrogen and oxygen atoms in total. The van der Waals surface area contributed by atoms with Crippen LogP contribution in [0.3, 0.4) is 0 Å². The number of H-pyrrole nitrogens is 2. The first-order valence-corrected chi connectivity index (χ1v) is 4.98. The maximum Gasteiger partial charge on any atom is 0.323 e. The van der Waals surface area contributed by atoms with E-state index >= 15 is 0 Å². The van der Waals surface area contributed by atoms with Gasteiger partial charge in [-0.3, -0.25) is 4.79 Å². The van der Waals surface area contributed by atoms with Crippen LogP contribution >= 0.6 is 0 Å². The van der Waals surface area contributed by atoms with E-state index in [0.717, 1.165) is 5.56 Å². The number of aliphatic hydroxyl groups excluding tert-OH is 1. The van der Waals surface area contributed by atoms with Crippen LogP contribution in [-0.4, -0.2) is 21.0 Å². The third kappa shape index (κ3) is 2.61. The van der Waals surface area contributed by atoms with Crippen molar-refractivity contribution in [3.05, 3.63) is 52.2 Å². The summed E-state index contributed by atoms with van der Waals surface area (Å²) in [6.45, 7) is -0.0423. The lowest BCUT2D eigenvalue weighted by Crippen LogP contribution is -2.13. The number of rotatable bonds is 3. The van der Waals surface area contributed by atoms with E-state index in [9.17, 15) is 9.59 Å². The van der Waals surface area contributed by atoms with Crippen molar-refractivity contribution >= 4 is 11.6 Å². The maximum atomic E-state index is 11.6. The van der Waals surface area contributed by atoms with Crippen LogP contribution in [-0.2, 0) is 6.61 Å². The van der Waals surface area contributed by atoms with Crippen molar-refractivity contribution in [2.75, 3.05) is 5.32 Å². The van der Waals surface area contributed by atoms with E-state index in [1.807, 2.05) is 0 Å². The van der Waals surface area contributed by atoms with E-state index in [2.05, 4.69) is 15.3 Å². The van der Waals surface area contributed by atoms with Crippen molar-refractivity contribution in [2.24, 2.45) is 0 Å². The molecule has 4 N–H and O–H groups in total. The molecule has 1 aromatic heterocycles. The molecule has 17 heavy (non-hydrogen) atoms. The molecule has 0 saturated heterocycles. The van der Waals surface area contributed by atoms with E-state index in [1.165, 1.54) is 6.20 Å². The molecule has 0 aliphatic carbocycles. The fourth-order valence-electron chi connectivity index (χ4n) is 1.35. The van der Waals surface area contributed by atoms with Gasteiger partial charge in [0.25, 0.3) is 5.91 Å². The number of hydrogen-bond donors (Lipinski definition) is 4. The second kappa shape index (κ2) is 4.67. The summed E-state index contributed by atoms with van der Waals surface area (Å²) in [6.07, 6.45) is 1.31. The highest BCUT2D eigenvalue weighted by Gasteiger charge is 2.07. The van der Waals surface area contributed by atoms with Gasteiger partial charge < -0.3 is 20.4 Å². The molecule has 0 unspecified atom stereocenters. The highest BCUT2D eigenvalue weighted by atomic mass is 16.3. The highest BCUT2D eigenvalue weighted by Crippen LogP contribution is 2.10. The molecule has 1 aromatic carbocycles. The first kappa shape index (κ1) is 11.2. The number of aromatic nitrogens is 2. The predicted octanol–water partition coefficient (Wildman–Crippen LogP) is 0.448. The molecule has 0 aliphatic rings. The number of amides is 1. The number of imidazole rings is 1. The maximum absolute atomic E-state index is 11.6. The number of aliphatic hydroxyl groups is 1. The number of aromatic amines is 2. The van der Waals surface area contributed by atoms with Gasteiger partial charge in [-0.25, -0.2) is 4.79 Å². The Hall–Kier alpha value is -2.34. The minimum Gasteiger partial charge on any atom is -0.392 e. The van der Waals surface area contributed by atoms with Crippen LogP contribution in [0.25, 0.3) is 0 Å². The van der Waals surface area contributed by atoms with Crippen molar-refractivity contribution in [3.63, 3.8) is 0 Å². The lowest BCUT2D eigenvalue weighted by molar-refractivity contribution is 0.102. The fourth-order valence-corrected chi connectivity index (χ4v) is 1.35. The highest BCUT2D eigenvalue weighted by molar-refractivity contribution is 6.02. The second-order valence-corrected chi connectivity index (χ2v) is 3.47. The number of carbonyl (C=O) groups excluding carboxylic acids is 1. The quantitative estimate of drug-likeness (QED) is 0.619. The van der Waals surface area contributed by atoms with Crippen LogP contribution < -0.4 is 11.0 Å². The summed E-state index contributed by atoms with van der Waals surface area (Å²) in [7, 11) is 0. The standard InChI is InChI=1S/C11H11N3O3/c15-6-7-1-3-8(4-2-7)13-10(16)9-5-12-11(17)14-9/h1-5,15H,6H2,(H,13,16)(H2,12,14,17). The smallest absolute Gasteiger partial charge is 0.323 e. The van der Waals surface area contributed by atoms with Gasteiger partial charge in [-0.2, -0.15) is 0 Å². The van der Waals surface area contributed by atoms with Crippen molar-refractivity contribution in [3.8, 4) is 0 Å². The summed E-state index contributed by atoms with van der Waals surface area (Å²) < 4.78 is 0. The van der Waals surface area contributed by atoms with Crippen LogP contribution in [0.5, 0.6) is 0 Å². The average Bonchev–Trinajstić information content (AvgIpc) is 2.77. The monoisotopic (exact) mass is 233 g/mol. The van der Waals surface area contributed by atoms with Gasteiger partial charge in [-0.1, -0.05) is 12.1 Å². The number of anilines is 1. The SMILES string of the molecule is O=C(Nc1ccc(CO)cc1)c1c[nH]c(=O)[nH]1. The summed E-state index contributed by atoms with van der Waals surface area (Å²) in [5.74, 6) is -0.403. The lowest BCUT2D eigenvalue weighted by Gasteiger charge is -2.03. The largest absolute Gasteiger partial charge is 0.392 e. The van der Waals surface area contributed by atoms with Crippen molar-refractivity contribution in [2.45, 2.75) is 6.61 Å².